The summed E-state index contributed by atoms with van der Waals surface area (Å²) >= 11 is 0. The van der Waals surface area contributed by atoms with Crippen molar-refractivity contribution >= 4 is 5.97 Å². The number of hydrogen-bond donors (Lipinski definition) is 1. The molecule has 0 radical (unpaired) electrons. The van der Waals surface area contributed by atoms with Crippen molar-refractivity contribution in [3.8, 4) is 12.3 Å². The van der Waals surface area contributed by atoms with Gasteiger partial charge in [0.15, 0.2) is 0 Å². The van der Waals surface area contributed by atoms with Crippen LogP contribution in [0.25, 0.3) is 0 Å². The quantitative estimate of drug-likeness (QED) is 0.471. The van der Waals surface area contributed by atoms with Crippen LogP contribution in [0.1, 0.15) is 13.3 Å². The Bertz CT molecular complexity index is 188. The number of rotatable bonds is 3. The van der Waals surface area contributed by atoms with E-state index in [9.17, 15) is 4.79 Å². The summed E-state index contributed by atoms with van der Waals surface area (Å²) in [5.41, 5.74) is -0.964. The van der Waals surface area contributed by atoms with E-state index in [1.165, 1.54) is 6.08 Å². The Morgan fingerprint density at radius 1 is 2.00 bits per heavy atom. The average Bonchev–Trinajstić information content (AvgIpc) is 1.88. The van der Waals surface area contributed by atoms with Crippen molar-refractivity contribution in [2.75, 3.05) is 0 Å². The summed E-state index contributed by atoms with van der Waals surface area (Å²) in [6.45, 7) is 4.94. The molecule has 0 amide bonds. The van der Waals surface area contributed by atoms with Gasteiger partial charge in [0.2, 0.25) is 0 Å². The first-order valence-corrected chi connectivity index (χ1v) is 2.87. The number of carboxylic acid groups (broad SMARTS) is 1. The fourth-order valence-electron chi connectivity index (χ4n) is 0.447. The predicted octanol–water partition coefficient (Wildman–Crippen LogP) is 1.29. The molecule has 0 aliphatic heterocycles. The smallest absolute Gasteiger partial charge is 0.314 e. The number of terminal acetylenes is 1. The van der Waals surface area contributed by atoms with E-state index in [1.54, 1.807) is 6.92 Å². The van der Waals surface area contributed by atoms with Gasteiger partial charge in [-0.05, 0) is 6.92 Å². The van der Waals surface area contributed by atoms with Gasteiger partial charge >= 0.3 is 5.97 Å². The summed E-state index contributed by atoms with van der Waals surface area (Å²) in [6, 6.07) is 0. The summed E-state index contributed by atoms with van der Waals surface area (Å²) in [7, 11) is 0. The molecule has 2 nitrogen and oxygen atoms in total. The highest BCUT2D eigenvalue weighted by Crippen LogP contribution is 2.21. The van der Waals surface area contributed by atoms with Crippen LogP contribution in [-0.4, -0.2) is 11.1 Å². The van der Waals surface area contributed by atoms with Crippen molar-refractivity contribution in [1.29, 1.82) is 0 Å². The van der Waals surface area contributed by atoms with Gasteiger partial charge in [0.05, 0.1) is 5.41 Å². The van der Waals surface area contributed by atoms with Crippen LogP contribution in [0.2, 0.25) is 0 Å². The molecule has 10 heavy (non-hydrogen) atoms. The van der Waals surface area contributed by atoms with Gasteiger partial charge in [0.25, 0.3) is 0 Å². The van der Waals surface area contributed by atoms with Crippen molar-refractivity contribution in [3.05, 3.63) is 12.7 Å². The lowest BCUT2D eigenvalue weighted by Crippen LogP contribution is -2.23. The van der Waals surface area contributed by atoms with Gasteiger partial charge in [0.1, 0.15) is 0 Å². The monoisotopic (exact) mass is 138 g/mol. The van der Waals surface area contributed by atoms with Crippen LogP contribution < -0.4 is 0 Å². The minimum atomic E-state index is -0.964. The van der Waals surface area contributed by atoms with Gasteiger partial charge in [-0.15, -0.1) is 18.9 Å². The van der Waals surface area contributed by atoms with Crippen molar-refractivity contribution < 1.29 is 9.90 Å². The lowest BCUT2D eigenvalue weighted by molar-refractivity contribution is -0.144. The number of hydrogen-bond acceptors (Lipinski definition) is 1. The minimum Gasteiger partial charge on any atom is -0.481 e. The van der Waals surface area contributed by atoms with Crippen molar-refractivity contribution in [2.45, 2.75) is 13.3 Å². The van der Waals surface area contributed by atoms with Crippen molar-refractivity contribution in [2.24, 2.45) is 5.41 Å². The normalized spacial score (nSPS) is 14.8. The maximum absolute atomic E-state index is 10.5. The van der Waals surface area contributed by atoms with E-state index in [-0.39, 0.29) is 6.42 Å². The van der Waals surface area contributed by atoms with Crippen molar-refractivity contribution in [1.82, 2.24) is 0 Å². The molecule has 0 spiro atoms. The second-order valence-corrected chi connectivity index (χ2v) is 2.31. The van der Waals surface area contributed by atoms with E-state index in [0.717, 1.165) is 0 Å². The van der Waals surface area contributed by atoms with Gasteiger partial charge < -0.3 is 5.11 Å². The summed E-state index contributed by atoms with van der Waals surface area (Å²) < 4.78 is 0. The number of carboxylic acids is 1. The summed E-state index contributed by atoms with van der Waals surface area (Å²) in [4.78, 5) is 10.5. The SMILES string of the molecule is C#CCC(C)(C=C)C(=O)O. The standard InChI is InChI=1S/C8H10O2/c1-4-6-8(3,5-2)7(9)10/h1,5H,2,6H2,3H3,(H,9,10). The Morgan fingerprint density at radius 3 is 2.60 bits per heavy atom. The van der Waals surface area contributed by atoms with Crippen LogP contribution in [0, 0.1) is 17.8 Å². The molecule has 0 saturated heterocycles. The third-order valence-electron chi connectivity index (χ3n) is 1.41. The van der Waals surface area contributed by atoms with Crippen LogP contribution >= 0.6 is 0 Å². The van der Waals surface area contributed by atoms with Gasteiger partial charge in [-0.1, -0.05) is 6.08 Å². The van der Waals surface area contributed by atoms with Crippen LogP contribution in [0.3, 0.4) is 0 Å². The Morgan fingerprint density at radius 2 is 2.50 bits per heavy atom. The fourth-order valence-corrected chi connectivity index (χ4v) is 0.447. The summed E-state index contributed by atoms with van der Waals surface area (Å²) in [6.07, 6.45) is 6.51. The highest BCUT2D eigenvalue weighted by atomic mass is 16.4. The molecule has 0 aromatic carbocycles. The zero-order chi connectivity index (χ0) is 8.20. The van der Waals surface area contributed by atoms with Gasteiger partial charge in [-0.3, -0.25) is 4.79 Å². The first kappa shape index (κ1) is 8.77. The Hall–Kier alpha value is -1.23. The van der Waals surface area contributed by atoms with E-state index in [1.807, 2.05) is 0 Å². The molecule has 0 aromatic heterocycles. The lowest BCUT2D eigenvalue weighted by Gasteiger charge is -2.15. The molecule has 1 atom stereocenters. The molecule has 54 valence electrons. The second kappa shape index (κ2) is 3.07. The van der Waals surface area contributed by atoms with Crippen molar-refractivity contribution in [3.63, 3.8) is 0 Å². The molecule has 0 saturated carbocycles. The largest absolute Gasteiger partial charge is 0.481 e. The topological polar surface area (TPSA) is 37.3 Å². The predicted molar refractivity (Wildman–Crippen MR) is 39.4 cm³/mol. The molecule has 0 aliphatic rings. The molecule has 0 fully saturated rings. The van der Waals surface area contributed by atoms with Gasteiger partial charge in [-0.25, -0.2) is 0 Å². The second-order valence-electron chi connectivity index (χ2n) is 2.31. The van der Waals surface area contributed by atoms with E-state index >= 15 is 0 Å². The molecule has 0 aliphatic carbocycles. The summed E-state index contributed by atoms with van der Waals surface area (Å²) in [5, 5.41) is 8.60. The van der Waals surface area contributed by atoms with Gasteiger partial charge in [-0.2, -0.15) is 0 Å². The molecule has 0 bridgehead atoms. The molecule has 2 heteroatoms. The first-order valence-electron chi connectivity index (χ1n) is 2.87. The third-order valence-corrected chi connectivity index (χ3v) is 1.41. The Kier molecular flexibility index (Phi) is 2.69. The van der Waals surface area contributed by atoms with Gasteiger partial charge in [0, 0.05) is 6.42 Å². The molecule has 0 aromatic rings. The maximum atomic E-state index is 10.5. The average molecular weight is 138 g/mol. The highest BCUT2D eigenvalue weighted by molar-refractivity contribution is 5.76. The number of carbonyl (C=O) groups is 1. The molecular formula is C8H10O2. The minimum absolute atomic E-state index is 0.186. The zero-order valence-corrected chi connectivity index (χ0v) is 5.92. The molecule has 0 rings (SSSR count). The van der Waals surface area contributed by atoms with E-state index < -0.39 is 11.4 Å². The molecule has 1 unspecified atom stereocenters. The highest BCUT2D eigenvalue weighted by Gasteiger charge is 2.27. The lowest BCUT2D eigenvalue weighted by atomic mass is 9.88. The van der Waals surface area contributed by atoms with E-state index in [4.69, 9.17) is 11.5 Å². The number of aliphatic carboxylic acids is 1. The Labute approximate surface area is 60.6 Å². The molecular weight excluding hydrogens is 128 g/mol. The first-order chi connectivity index (χ1) is 4.56. The van der Waals surface area contributed by atoms with E-state index in [0.29, 0.717) is 0 Å². The fraction of sp³-hybridized carbons (Fsp3) is 0.375. The summed E-state index contributed by atoms with van der Waals surface area (Å²) in [5.74, 6) is 1.36. The Balaban J connectivity index is 4.41. The van der Waals surface area contributed by atoms with Crippen LogP contribution in [0.15, 0.2) is 12.7 Å². The maximum Gasteiger partial charge on any atom is 0.314 e. The van der Waals surface area contributed by atoms with Crippen LogP contribution in [-0.2, 0) is 4.79 Å². The zero-order valence-electron chi connectivity index (χ0n) is 5.92. The van der Waals surface area contributed by atoms with Crippen LogP contribution in [0.4, 0.5) is 0 Å². The van der Waals surface area contributed by atoms with E-state index in [2.05, 4.69) is 12.5 Å². The molecule has 0 heterocycles. The van der Waals surface area contributed by atoms with Crippen LogP contribution in [0.5, 0.6) is 0 Å². The molecule has 1 N–H and O–H groups in total. The third kappa shape index (κ3) is 1.63.